The van der Waals surface area contributed by atoms with Crippen molar-refractivity contribution in [1.82, 2.24) is 0 Å². The third-order valence-corrected chi connectivity index (χ3v) is 3.37. The van der Waals surface area contributed by atoms with Gasteiger partial charge in [-0.25, -0.2) is 0 Å². The lowest BCUT2D eigenvalue weighted by Crippen LogP contribution is -2.35. The topological polar surface area (TPSA) is 64.7 Å². The lowest BCUT2D eigenvalue weighted by atomic mass is 9.86. The van der Waals surface area contributed by atoms with Crippen LogP contribution in [0.4, 0.5) is 0 Å². The van der Waals surface area contributed by atoms with Gasteiger partial charge in [-0.1, -0.05) is 65.8 Å². The van der Waals surface area contributed by atoms with E-state index in [0.717, 1.165) is 16.8 Å². The van der Waals surface area contributed by atoms with Gasteiger partial charge >= 0.3 is 0 Å². The molecule has 4 heteroatoms. The molecule has 20 heavy (non-hydrogen) atoms. The smallest absolute Gasteiger partial charge is 0.262 e. The van der Waals surface area contributed by atoms with Crippen LogP contribution in [0, 0.1) is 0 Å². The summed E-state index contributed by atoms with van der Waals surface area (Å²) < 4.78 is 0. The zero-order chi connectivity index (χ0) is 13.9. The molecule has 0 aromatic heterocycles. The number of hydrogen-bond acceptors (Lipinski definition) is 3. The summed E-state index contributed by atoms with van der Waals surface area (Å²) in [5.41, 5.74) is 8.07. The Bertz CT molecular complexity index is 638. The van der Waals surface area contributed by atoms with Gasteiger partial charge in [-0.05, 0) is 5.56 Å². The maximum atomic E-state index is 11.6. The van der Waals surface area contributed by atoms with E-state index in [2.05, 4.69) is 5.16 Å². The first kappa shape index (κ1) is 12.4. The van der Waals surface area contributed by atoms with Crippen LogP contribution in [0.3, 0.4) is 0 Å². The Morgan fingerprint density at radius 2 is 1.60 bits per heavy atom. The molecule has 1 heterocycles. The molecule has 0 fully saturated rings. The van der Waals surface area contributed by atoms with Crippen molar-refractivity contribution in [2.24, 2.45) is 10.9 Å². The number of hydrogen-bond donors (Lipinski definition) is 1. The third-order valence-electron chi connectivity index (χ3n) is 3.37. The molecule has 0 aliphatic carbocycles. The zero-order valence-electron chi connectivity index (χ0n) is 10.8. The van der Waals surface area contributed by atoms with Crippen LogP contribution < -0.4 is 5.73 Å². The summed E-state index contributed by atoms with van der Waals surface area (Å²) >= 11 is 0. The molecule has 1 aliphatic rings. The Balaban J connectivity index is 2.04. The molecule has 3 rings (SSSR count). The molecule has 2 N–H and O–H groups in total. The van der Waals surface area contributed by atoms with Gasteiger partial charge in [-0.2, -0.15) is 0 Å². The summed E-state index contributed by atoms with van der Waals surface area (Å²) in [7, 11) is 0. The fraction of sp³-hybridized carbons (Fsp3) is 0.125. The summed E-state index contributed by atoms with van der Waals surface area (Å²) in [4.78, 5) is 16.8. The van der Waals surface area contributed by atoms with Gasteiger partial charge in [-0.15, -0.1) is 0 Å². The maximum Gasteiger partial charge on any atom is 0.262 e. The molecule has 2 aromatic carbocycles. The molecule has 0 radical (unpaired) electrons. The van der Waals surface area contributed by atoms with Gasteiger partial charge < -0.3 is 10.6 Å². The standard InChI is InChI=1S/C16H14N2O2/c17-16(19)15-13(11-7-3-1-4-8-11)14(18-20-15)12-9-5-2-6-10-12/h1-10,13,15H,(H2,17,19)/t13-,15-/m1/s1. The molecule has 0 bridgehead atoms. The Hall–Kier alpha value is -2.62. The number of nitrogens with zero attached hydrogens (tertiary/aromatic N) is 1. The van der Waals surface area contributed by atoms with E-state index in [1.165, 1.54) is 0 Å². The Morgan fingerprint density at radius 1 is 1.00 bits per heavy atom. The number of primary amides is 1. The summed E-state index contributed by atoms with van der Waals surface area (Å²) in [5.74, 6) is -0.773. The highest BCUT2D eigenvalue weighted by Crippen LogP contribution is 2.32. The van der Waals surface area contributed by atoms with Gasteiger partial charge in [0.15, 0.2) is 0 Å². The number of rotatable bonds is 3. The first-order valence-corrected chi connectivity index (χ1v) is 6.41. The first-order chi connectivity index (χ1) is 9.77. The zero-order valence-corrected chi connectivity index (χ0v) is 10.8. The van der Waals surface area contributed by atoms with Crippen molar-refractivity contribution in [2.45, 2.75) is 12.0 Å². The van der Waals surface area contributed by atoms with Crippen LogP contribution in [-0.4, -0.2) is 17.7 Å². The molecule has 100 valence electrons. The van der Waals surface area contributed by atoms with E-state index in [1.807, 2.05) is 60.7 Å². The van der Waals surface area contributed by atoms with Crippen molar-refractivity contribution in [1.29, 1.82) is 0 Å². The average molecular weight is 266 g/mol. The average Bonchev–Trinajstić information content (AvgIpc) is 2.94. The van der Waals surface area contributed by atoms with Crippen molar-refractivity contribution in [2.75, 3.05) is 0 Å². The predicted octanol–water partition coefficient (Wildman–Crippen LogP) is 2.06. The van der Waals surface area contributed by atoms with Crippen LogP contribution in [0.5, 0.6) is 0 Å². The highest BCUT2D eigenvalue weighted by atomic mass is 16.6. The van der Waals surface area contributed by atoms with Crippen LogP contribution in [0.25, 0.3) is 0 Å². The monoisotopic (exact) mass is 266 g/mol. The largest absolute Gasteiger partial charge is 0.381 e. The lowest BCUT2D eigenvalue weighted by Gasteiger charge is -2.16. The molecule has 0 saturated heterocycles. The van der Waals surface area contributed by atoms with Gasteiger partial charge in [0.1, 0.15) is 0 Å². The van der Waals surface area contributed by atoms with Crippen LogP contribution >= 0.6 is 0 Å². The minimum Gasteiger partial charge on any atom is -0.381 e. The van der Waals surface area contributed by atoms with Crippen molar-refractivity contribution in [3.8, 4) is 0 Å². The molecular weight excluding hydrogens is 252 g/mol. The predicted molar refractivity (Wildman–Crippen MR) is 76.2 cm³/mol. The van der Waals surface area contributed by atoms with E-state index in [1.54, 1.807) is 0 Å². The summed E-state index contributed by atoms with van der Waals surface area (Å²) in [5, 5.41) is 4.08. The third kappa shape index (κ3) is 2.16. The van der Waals surface area contributed by atoms with Crippen LogP contribution in [0.2, 0.25) is 0 Å². The van der Waals surface area contributed by atoms with Crippen molar-refractivity contribution in [3.05, 3.63) is 71.8 Å². The minimum absolute atomic E-state index is 0.268. The fourth-order valence-corrected chi connectivity index (χ4v) is 2.43. The maximum absolute atomic E-state index is 11.6. The van der Waals surface area contributed by atoms with Crippen molar-refractivity contribution < 1.29 is 9.63 Å². The van der Waals surface area contributed by atoms with E-state index >= 15 is 0 Å². The first-order valence-electron chi connectivity index (χ1n) is 6.41. The van der Waals surface area contributed by atoms with Gasteiger partial charge in [0.25, 0.3) is 5.91 Å². The number of amides is 1. The Kier molecular flexibility index (Phi) is 3.21. The highest BCUT2D eigenvalue weighted by Gasteiger charge is 2.39. The summed E-state index contributed by atoms with van der Waals surface area (Å²) in [6.07, 6.45) is -0.757. The lowest BCUT2D eigenvalue weighted by molar-refractivity contribution is -0.128. The van der Waals surface area contributed by atoms with Crippen LogP contribution in [0.15, 0.2) is 65.8 Å². The SMILES string of the molecule is NC(=O)[C@@H]1ON=C(c2ccccc2)[C@H]1c1ccccc1. The summed E-state index contributed by atoms with van der Waals surface area (Å²) in [6.45, 7) is 0. The molecule has 2 aromatic rings. The minimum atomic E-state index is -0.757. The number of benzene rings is 2. The van der Waals surface area contributed by atoms with Crippen LogP contribution in [-0.2, 0) is 9.63 Å². The van der Waals surface area contributed by atoms with Crippen molar-refractivity contribution in [3.63, 3.8) is 0 Å². The Labute approximate surface area is 116 Å². The van der Waals surface area contributed by atoms with Gasteiger partial charge in [0.2, 0.25) is 6.10 Å². The Morgan fingerprint density at radius 3 is 2.20 bits per heavy atom. The molecule has 0 unspecified atom stereocenters. The van der Waals surface area contributed by atoms with E-state index in [4.69, 9.17) is 10.6 Å². The number of carbonyl (C=O) groups excluding carboxylic acids is 1. The molecule has 2 atom stereocenters. The molecule has 1 amide bonds. The quantitative estimate of drug-likeness (QED) is 0.924. The highest BCUT2D eigenvalue weighted by molar-refractivity contribution is 6.08. The second-order valence-corrected chi connectivity index (χ2v) is 4.66. The number of carbonyl (C=O) groups is 1. The normalized spacial score (nSPS) is 21.1. The van der Waals surface area contributed by atoms with E-state index in [0.29, 0.717) is 0 Å². The van der Waals surface area contributed by atoms with Gasteiger partial charge in [-0.3, -0.25) is 4.79 Å². The number of nitrogens with two attached hydrogens (primary N) is 1. The van der Waals surface area contributed by atoms with Gasteiger partial charge in [0, 0.05) is 5.56 Å². The van der Waals surface area contributed by atoms with Crippen molar-refractivity contribution >= 4 is 11.6 Å². The van der Waals surface area contributed by atoms with E-state index in [9.17, 15) is 4.79 Å². The molecule has 0 spiro atoms. The van der Waals surface area contributed by atoms with Crippen LogP contribution in [0.1, 0.15) is 17.0 Å². The molecule has 4 nitrogen and oxygen atoms in total. The van der Waals surface area contributed by atoms with E-state index < -0.39 is 12.0 Å². The summed E-state index contributed by atoms with van der Waals surface area (Å²) in [6, 6.07) is 19.4. The molecule has 1 aliphatic heterocycles. The number of oxime groups is 1. The molecular formula is C16H14N2O2. The second-order valence-electron chi connectivity index (χ2n) is 4.66. The second kappa shape index (κ2) is 5.17. The van der Waals surface area contributed by atoms with E-state index in [-0.39, 0.29) is 5.92 Å². The molecule has 0 saturated carbocycles. The fourth-order valence-electron chi connectivity index (χ4n) is 2.43. The van der Waals surface area contributed by atoms with Gasteiger partial charge in [0.05, 0.1) is 11.6 Å².